The molecule has 0 fully saturated rings. The SMILES string of the molecule is [C-]#[N+]c1ccc2c(c1)c(Br)cn2-c1ccc(OC)cc1.[C-]#[N+]c1ccc2c(ccn2-c2ccc(OC)cc2)c1. The molecule has 0 radical (unpaired) electrons. The summed E-state index contributed by atoms with van der Waals surface area (Å²) in [6.07, 6.45) is 4.03. The first-order valence-corrected chi connectivity index (χ1v) is 12.8. The van der Waals surface area contributed by atoms with E-state index >= 15 is 0 Å². The quantitative estimate of drug-likeness (QED) is 0.197. The average molecular weight is 575 g/mol. The van der Waals surface area contributed by atoms with Gasteiger partial charge in [0, 0.05) is 33.6 Å². The second-order valence-electron chi connectivity index (χ2n) is 8.60. The molecule has 0 saturated heterocycles. The van der Waals surface area contributed by atoms with Gasteiger partial charge in [0.1, 0.15) is 11.5 Å². The van der Waals surface area contributed by atoms with E-state index in [4.69, 9.17) is 22.6 Å². The van der Waals surface area contributed by atoms with Crippen LogP contribution in [0.25, 0.3) is 42.9 Å². The van der Waals surface area contributed by atoms with Crippen molar-refractivity contribution in [2.24, 2.45) is 0 Å². The molecule has 0 atom stereocenters. The van der Waals surface area contributed by atoms with Gasteiger partial charge in [-0.1, -0.05) is 12.1 Å². The van der Waals surface area contributed by atoms with Gasteiger partial charge in [0.2, 0.25) is 0 Å². The Bertz CT molecular complexity index is 1850. The second kappa shape index (κ2) is 11.2. The molecule has 4 aromatic carbocycles. The van der Waals surface area contributed by atoms with Crippen molar-refractivity contribution in [2.45, 2.75) is 0 Å². The van der Waals surface area contributed by atoms with Crippen LogP contribution in [0.4, 0.5) is 11.4 Å². The number of methoxy groups -OCH3 is 2. The normalized spacial score (nSPS) is 10.4. The number of hydrogen-bond donors (Lipinski definition) is 0. The number of hydrogen-bond acceptors (Lipinski definition) is 2. The molecule has 39 heavy (non-hydrogen) atoms. The molecule has 2 aromatic heterocycles. The summed E-state index contributed by atoms with van der Waals surface area (Å²) in [7, 11) is 3.31. The van der Waals surface area contributed by atoms with Gasteiger partial charge in [-0.2, -0.15) is 0 Å². The lowest BCUT2D eigenvalue weighted by Gasteiger charge is -2.06. The molecular formula is C32H23BrN4O2. The van der Waals surface area contributed by atoms with Crippen LogP contribution in [0.15, 0.2) is 108 Å². The number of benzene rings is 4. The van der Waals surface area contributed by atoms with Gasteiger partial charge in [0.25, 0.3) is 0 Å². The van der Waals surface area contributed by atoms with E-state index in [1.807, 2.05) is 103 Å². The zero-order valence-corrected chi connectivity index (χ0v) is 22.9. The molecule has 0 amide bonds. The predicted molar refractivity (Wildman–Crippen MR) is 160 cm³/mol. The number of halogens is 1. The summed E-state index contributed by atoms with van der Waals surface area (Å²) in [4.78, 5) is 6.92. The Morgan fingerprint density at radius 1 is 0.641 bits per heavy atom. The highest BCUT2D eigenvalue weighted by atomic mass is 79.9. The Labute approximate surface area is 235 Å². The Hall–Kier alpha value is -4.98. The summed E-state index contributed by atoms with van der Waals surface area (Å²) < 4.78 is 15.5. The summed E-state index contributed by atoms with van der Waals surface area (Å²) in [6, 6.07) is 29.2. The lowest BCUT2D eigenvalue weighted by molar-refractivity contribution is 0.414. The van der Waals surface area contributed by atoms with Gasteiger partial charge in [-0.15, -0.1) is 0 Å². The zero-order chi connectivity index (χ0) is 27.4. The number of nitrogens with zero attached hydrogens (tertiary/aromatic N) is 4. The maximum absolute atomic E-state index is 7.09. The summed E-state index contributed by atoms with van der Waals surface area (Å²) in [5, 5.41) is 2.11. The molecule has 0 saturated carbocycles. The first-order chi connectivity index (χ1) is 19.0. The fraction of sp³-hybridized carbons (Fsp3) is 0.0625. The minimum Gasteiger partial charge on any atom is -0.497 e. The van der Waals surface area contributed by atoms with Crippen LogP contribution in [0.3, 0.4) is 0 Å². The highest BCUT2D eigenvalue weighted by molar-refractivity contribution is 9.10. The van der Waals surface area contributed by atoms with E-state index in [0.29, 0.717) is 11.4 Å². The Balaban J connectivity index is 0.000000158. The molecule has 0 spiro atoms. The molecule has 0 N–H and O–H groups in total. The standard InChI is InChI=1S/C16H11BrN2O.C16H12N2O/c1-18-11-3-8-16-14(9-11)15(17)10-19(16)12-4-6-13(20-2)7-5-12;1-17-13-3-8-16-12(11-13)9-10-18(16)14-4-6-15(19-2)7-5-14/h3-10H,2H3;3-11H,2H3. The van der Waals surface area contributed by atoms with E-state index < -0.39 is 0 Å². The van der Waals surface area contributed by atoms with Crippen LogP contribution in [0.1, 0.15) is 0 Å². The van der Waals surface area contributed by atoms with E-state index in [1.54, 1.807) is 14.2 Å². The molecule has 2 heterocycles. The Morgan fingerprint density at radius 3 is 1.74 bits per heavy atom. The third-order valence-corrected chi connectivity index (χ3v) is 7.00. The monoisotopic (exact) mass is 574 g/mol. The van der Waals surface area contributed by atoms with Crippen LogP contribution < -0.4 is 9.47 Å². The number of ether oxygens (including phenoxy) is 2. The molecular weight excluding hydrogens is 552 g/mol. The summed E-state index contributed by atoms with van der Waals surface area (Å²) >= 11 is 3.56. The molecule has 6 aromatic rings. The molecule has 0 aliphatic heterocycles. The van der Waals surface area contributed by atoms with E-state index in [0.717, 1.165) is 49.2 Å². The topological polar surface area (TPSA) is 37.0 Å². The van der Waals surface area contributed by atoms with Crippen molar-refractivity contribution in [3.8, 4) is 22.9 Å². The summed E-state index contributed by atoms with van der Waals surface area (Å²) in [5.41, 5.74) is 5.60. The minimum absolute atomic E-state index is 0.644. The first-order valence-electron chi connectivity index (χ1n) is 12.0. The number of fused-ring (bicyclic) bond motifs is 2. The van der Waals surface area contributed by atoms with Gasteiger partial charge >= 0.3 is 0 Å². The zero-order valence-electron chi connectivity index (χ0n) is 21.3. The molecule has 0 bridgehead atoms. The van der Waals surface area contributed by atoms with E-state index in [2.05, 4.69) is 34.8 Å². The highest BCUT2D eigenvalue weighted by Gasteiger charge is 2.09. The van der Waals surface area contributed by atoms with Gasteiger partial charge in [0.15, 0.2) is 11.4 Å². The maximum atomic E-state index is 7.09. The van der Waals surface area contributed by atoms with Crippen LogP contribution in [0, 0.1) is 13.1 Å². The van der Waals surface area contributed by atoms with Crippen molar-refractivity contribution in [2.75, 3.05) is 14.2 Å². The van der Waals surface area contributed by atoms with Crippen LogP contribution in [0.5, 0.6) is 11.5 Å². The average Bonchev–Trinajstić information content (AvgIpc) is 3.57. The van der Waals surface area contributed by atoms with Gasteiger partial charge in [-0.25, -0.2) is 9.69 Å². The van der Waals surface area contributed by atoms with Crippen molar-refractivity contribution in [1.29, 1.82) is 0 Å². The molecule has 0 aliphatic carbocycles. The third-order valence-electron chi connectivity index (χ3n) is 6.37. The fourth-order valence-electron chi connectivity index (χ4n) is 4.37. The second-order valence-corrected chi connectivity index (χ2v) is 9.45. The smallest absolute Gasteiger partial charge is 0.188 e. The van der Waals surface area contributed by atoms with Crippen molar-refractivity contribution in [3.05, 3.63) is 131 Å². The maximum Gasteiger partial charge on any atom is 0.188 e. The van der Waals surface area contributed by atoms with Gasteiger partial charge in [0.05, 0.1) is 38.4 Å². The summed E-state index contributed by atoms with van der Waals surface area (Å²) in [5.74, 6) is 1.68. The molecule has 0 unspecified atom stereocenters. The van der Waals surface area contributed by atoms with E-state index in [1.165, 1.54) is 0 Å². The van der Waals surface area contributed by atoms with Gasteiger partial charge < -0.3 is 18.6 Å². The first kappa shape index (κ1) is 25.7. The molecule has 6 rings (SSSR count). The van der Waals surface area contributed by atoms with Crippen molar-refractivity contribution in [1.82, 2.24) is 9.13 Å². The largest absolute Gasteiger partial charge is 0.497 e. The molecule has 7 heteroatoms. The van der Waals surface area contributed by atoms with Crippen molar-refractivity contribution in [3.63, 3.8) is 0 Å². The third kappa shape index (κ3) is 5.22. The predicted octanol–water partition coefficient (Wildman–Crippen LogP) is 9.14. The van der Waals surface area contributed by atoms with E-state index in [-0.39, 0.29) is 0 Å². The van der Waals surface area contributed by atoms with E-state index in [9.17, 15) is 0 Å². The van der Waals surface area contributed by atoms with Crippen LogP contribution >= 0.6 is 15.9 Å². The highest BCUT2D eigenvalue weighted by Crippen LogP contribution is 2.32. The minimum atomic E-state index is 0.644. The van der Waals surface area contributed by atoms with Crippen molar-refractivity contribution >= 4 is 49.1 Å². The number of rotatable bonds is 4. The lowest BCUT2D eigenvalue weighted by Crippen LogP contribution is -1.91. The van der Waals surface area contributed by atoms with Crippen LogP contribution in [-0.4, -0.2) is 23.4 Å². The molecule has 6 nitrogen and oxygen atoms in total. The molecule has 190 valence electrons. The number of aromatic nitrogens is 2. The van der Waals surface area contributed by atoms with Gasteiger partial charge in [-0.05, 0) is 100 Å². The Morgan fingerprint density at radius 2 is 1.18 bits per heavy atom. The van der Waals surface area contributed by atoms with Crippen LogP contribution in [0.2, 0.25) is 0 Å². The molecule has 0 aliphatic rings. The Kier molecular flexibility index (Phi) is 7.36. The lowest BCUT2D eigenvalue weighted by atomic mass is 10.2. The fourth-order valence-corrected chi connectivity index (χ4v) is 4.89. The summed E-state index contributed by atoms with van der Waals surface area (Å²) in [6.45, 7) is 14.1. The van der Waals surface area contributed by atoms with Crippen molar-refractivity contribution < 1.29 is 9.47 Å². The van der Waals surface area contributed by atoms with Crippen LogP contribution in [-0.2, 0) is 0 Å². The van der Waals surface area contributed by atoms with Gasteiger partial charge in [-0.3, -0.25) is 0 Å².